The summed E-state index contributed by atoms with van der Waals surface area (Å²) < 4.78 is 35.4. The van der Waals surface area contributed by atoms with Crippen LogP contribution in [-0.4, -0.2) is 70.1 Å². The summed E-state index contributed by atoms with van der Waals surface area (Å²) in [6, 6.07) is 17.5. The van der Waals surface area contributed by atoms with Gasteiger partial charge in [-0.25, -0.2) is 23.2 Å². The molecule has 1 atom stereocenters. The Hall–Kier alpha value is -4.22. The van der Waals surface area contributed by atoms with Gasteiger partial charge >= 0.3 is 6.03 Å². The topological polar surface area (TPSA) is 87.0 Å². The first-order valence-corrected chi connectivity index (χ1v) is 13.9. The van der Waals surface area contributed by atoms with Gasteiger partial charge in [-0.1, -0.05) is 17.7 Å². The first-order valence-electron chi connectivity index (χ1n) is 13.6. The minimum Gasteiger partial charge on any atom is -0.490 e. The van der Waals surface area contributed by atoms with Crippen LogP contribution in [0.15, 0.2) is 79.4 Å². The number of carbonyl (C=O) groups is 1. The average Bonchev–Trinajstić information content (AvgIpc) is 3.50. The Kier molecular flexibility index (Phi) is 8.89. The van der Waals surface area contributed by atoms with Crippen molar-refractivity contribution in [3.05, 3.63) is 102 Å². The Balaban J connectivity index is 1.20. The quantitative estimate of drug-likeness (QED) is 0.294. The second-order valence-corrected chi connectivity index (χ2v) is 10.4. The molecule has 4 aromatic rings. The van der Waals surface area contributed by atoms with E-state index >= 15 is 0 Å². The van der Waals surface area contributed by atoms with Gasteiger partial charge in [0, 0.05) is 60.8 Å². The van der Waals surface area contributed by atoms with Crippen molar-refractivity contribution in [2.45, 2.75) is 19.1 Å². The van der Waals surface area contributed by atoms with Gasteiger partial charge < -0.3 is 19.6 Å². The highest BCUT2D eigenvalue weighted by atomic mass is 35.5. The molecule has 220 valence electrons. The SMILES string of the molecule is CCN(C(=O)N1CCN(c2ccc(OCC(O)(Cn3cncn3)c3ccc(F)cc3F)cc2)CC1)c1ccc(Cl)cc1. The fourth-order valence-electron chi connectivity index (χ4n) is 4.99. The van der Waals surface area contributed by atoms with E-state index in [1.807, 2.05) is 36.1 Å². The van der Waals surface area contributed by atoms with Crippen LogP contribution in [-0.2, 0) is 12.1 Å². The van der Waals surface area contributed by atoms with E-state index in [9.17, 15) is 18.7 Å². The fourth-order valence-corrected chi connectivity index (χ4v) is 5.12. The zero-order chi connectivity index (χ0) is 29.7. The number of benzene rings is 3. The van der Waals surface area contributed by atoms with Crippen molar-refractivity contribution in [3.8, 4) is 5.75 Å². The highest BCUT2D eigenvalue weighted by molar-refractivity contribution is 6.30. The summed E-state index contributed by atoms with van der Waals surface area (Å²) in [6.45, 7) is 4.49. The minimum absolute atomic E-state index is 0.0424. The van der Waals surface area contributed by atoms with Crippen LogP contribution in [0, 0.1) is 11.6 Å². The second-order valence-electron chi connectivity index (χ2n) is 10.0. The summed E-state index contributed by atoms with van der Waals surface area (Å²) in [5.41, 5.74) is -0.186. The number of aromatic nitrogens is 3. The van der Waals surface area contributed by atoms with E-state index < -0.39 is 17.2 Å². The van der Waals surface area contributed by atoms with Crippen molar-refractivity contribution in [2.24, 2.45) is 0 Å². The van der Waals surface area contributed by atoms with E-state index in [-0.39, 0.29) is 24.7 Å². The maximum atomic E-state index is 14.7. The van der Waals surface area contributed by atoms with E-state index in [4.69, 9.17) is 16.3 Å². The van der Waals surface area contributed by atoms with Crippen LogP contribution in [0.3, 0.4) is 0 Å². The number of carbonyl (C=O) groups excluding carboxylic acids is 1. The Labute approximate surface area is 247 Å². The average molecular weight is 597 g/mol. The minimum atomic E-state index is -1.84. The predicted molar refractivity (Wildman–Crippen MR) is 156 cm³/mol. The van der Waals surface area contributed by atoms with Crippen molar-refractivity contribution in [2.75, 3.05) is 49.1 Å². The number of aliphatic hydroxyl groups is 1. The first kappa shape index (κ1) is 29.3. The van der Waals surface area contributed by atoms with Crippen LogP contribution < -0.4 is 14.5 Å². The molecule has 1 unspecified atom stereocenters. The molecule has 1 aliphatic rings. The van der Waals surface area contributed by atoms with E-state index in [0.717, 1.165) is 23.5 Å². The number of piperazine rings is 1. The number of nitrogens with zero attached hydrogens (tertiary/aromatic N) is 6. The van der Waals surface area contributed by atoms with Gasteiger partial charge in [0.05, 0.1) is 6.54 Å². The van der Waals surface area contributed by atoms with Gasteiger partial charge in [-0.15, -0.1) is 0 Å². The third-order valence-corrected chi connectivity index (χ3v) is 7.49. The van der Waals surface area contributed by atoms with E-state index in [1.54, 1.807) is 29.2 Å². The Morgan fingerprint density at radius 2 is 1.76 bits per heavy atom. The van der Waals surface area contributed by atoms with Crippen LogP contribution in [0.25, 0.3) is 0 Å². The fraction of sp³-hybridized carbons (Fsp3) is 0.300. The lowest BCUT2D eigenvalue weighted by Gasteiger charge is -2.38. The van der Waals surface area contributed by atoms with E-state index in [2.05, 4.69) is 15.0 Å². The van der Waals surface area contributed by atoms with Gasteiger partial charge in [0.15, 0.2) is 0 Å². The summed E-state index contributed by atoms with van der Waals surface area (Å²) in [7, 11) is 0. The lowest BCUT2D eigenvalue weighted by atomic mass is 9.94. The Bertz CT molecular complexity index is 1480. The number of rotatable bonds is 9. The van der Waals surface area contributed by atoms with Crippen LogP contribution >= 0.6 is 11.6 Å². The van der Waals surface area contributed by atoms with Gasteiger partial charge in [-0.3, -0.25) is 4.90 Å². The smallest absolute Gasteiger partial charge is 0.324 e. The van der Waals surface area contributed by atoms with Crippen molar-refractivity contribution in [1.29, 1.82) is 0 Å². The molecule has 3 aromatic carbocycles. The molecule has 9 nitrogen and oxygen atoms in total. The number of anilines is 2. The van der Waals surface area contributed by atoms with Crippen molar-refractivity contribution >= 4 is 29.0 Å². The summed E-state index contributed by atoms with van der Waals surface area (Å²) >= 11 is 6.00. The molecule has 5 rings (SSSR count). The zero-order valence-corrected chi connectivity index (χ0v) is 23.8. The summed E-state index contributed by atoms with van der Waals surface area (Å²) in [6.07, 6.45) is 2.70. The number of hydrogen-bond acceptors (Lipinski definition) is 6. The van der Waals surface area contributed by atoms with Gasteiger partial charge in [-0.2, -0.15) is 5.10 Å². The molecule has 1 saturated heterocycles. The molecule has 1 N–H and O–H groups in total. The van der Waals surface area contributed by atoms with Crippen molar-refractivity contribution < 1.29 is 23.4 Å². The molecule has 12 heteroatoms. The molecule has 0 aliphatic carbocycles. The number of halogens is 3. The maximum Gasteiger partial charge on any atom is 0.324 e. The molecular weight excluding hydrogens is 566 g/mol. The molecular formula is C30H31ClF2N6O3. The molecule has 1 aromatic heterocycles. The summed E-state index contributed by atoms with van der Waals surface area (Å²) in [5, 5.41) is 16.1. The summed E-state index contributed by atoms with van der Waals surface area (Å²) in [5.74, 6) is -1.16. The Morgan fingerprint density at radius 3 is 2.38 bits per heavy atom. The van der Waals surface area contributed by atoms with Gasteiger partial charge in [-0.05, 0) is 61.5 Å². The normalized spacial score (nSPS) is 14.9. The molecule has 0 radical (unpaired) electrons. The van der Waals surface area contributed by atoms with Crippen molar-refractivity contribution in [1.82, 2.24) is 19.7 Å². The van der Waals surface area contributed by atoms with Crippen LogP contribution in [0.4, 0.5) is 25.0 Å². The summed E-state index contributed by atoms with van der Waals surface area (Å²) in [4.78, 5) is 22.8. The predicted octanol–water partition coefficient (Wildman–Crippen LogP) is 4.95. The number of urea groups is 1. The van der Waals surface area contributed by atoms with Crippen molar-refractivity contribution in [3.63, 3.8) is 0 Å². The monoisotopic (exact) mass is 596 g/mol. The standard InChI is InChI=1S/C30H31ClF2N6O3/c1-2-39(25-6-3-22(31)4-7-25)29(40)37-15-13-36(14-16-37)24-8-10-26(11-9-24)42-19-30(41,18-38-21-34-20-35-38)27-12-5-23(32)17-28(27)33/h3-12,17,20-21,41H,2,13-16,18-19H2,1H3. The number of ether oxygens (including phenoxy) is 1. The molecule has 0 spiro atoms. The highest BCUT2D eigenvalue weighted by Gasteiger charge is 2.35. The van der Waals surface area contributed by atoms with Gasteiger partial charge in [0.1, 0.15) is 42.2 Å². The van der Waals surface area contributed by atoms with E-state index in [0.29, 0.717) is 43.5 Å². The Morgan fingerprint density at radius 1 is 1.05 bits per heavy atom. The van der Waals surface area contributed by atoms with Crippen LogP contribution in [0.5, 0.6) is 5.75 Å². The molecule has 0 saturated carbocycles. The molecule has 2 amide bonds. The van der Waals surface area contributed by atoms with Crippen LogP contribution in [0.1, 0.15) is 12.5 Å². The molecule has 0 bridgehead atoms. The van der Waals surface area contributed by atoms with E-state index in [1.165, 1.54) is 23.4 Å². The van der Waals surface area contributed by atoms with Crippen LogP contribution in [0.2, 0.25) is 5.02 Å². The number of hydrogen-bond donors (Lipinski definition) is 1. The second kappa shape index (κ2) is 12.7. The first-order chi connectivity index (χ1) is 20.3. The largest absolute Gasteiger partial charge is 0.490 e. The third-order valence-electron chi connectivity index (χ3n) is 7.24. The molecule has 1 aliphatic heterocycles. The van der Waals surface area contributed by atoms with Gasteiger partial charge in [0.25, 0.3) is 0 Å². The maximum absolute atomic E-state index is 14.7. The molecule has 42 heavy (non-hydrogen) atoms. The lowest BCUT2D eigenvalue weighted by Crippen LogP contribution is -2.53. The molecule has 2 heterocycles. The third kappa shape index (κ3) is 6.63. The lowest BCUT2D eigenvalue weighted by molar-refractivity contribution is -0.0297. The zero-order valence-electron chi connectivity index (χ0n) is 23.0. The number of amides is 2. The highest BCUT2D eigenvalue weighted by Crippen LogP contribution is 2.29. The molecule has 1 fully saturated rings. The van der Waals surface area contributed by atoms with Gasteiger partial charge in [0.2, 0.25) is 0 Å².